The van der Waals surface area contributed by atoms with Crippen LogP contribution in [0.5, 0.6) is 0 Å². The minimum atomic E-state index is -3.95. The summed E-state index contributed by atoms with van der Waals surface area (Å²) in [4.78, 5) is 10.2. The molecule has 0 saturated carbocycles. The Labute approximate surface area is 137 Å². The van der Waals surface area contributed by atoms with Crippen LogP contribution in [0, 0.1) is 15.5 Å². The lowest BCUT2D eigenvalue weighted by atomic mass is 9.81. The molecule has 0 aliphatic carbocycles. The molecule has 1 aliphatic heterocycles. The van der Waals surface area contributed by atoms with E-state index >= 15 is 0 Å². The number of hydrogen-bond acceptors (Lipinski definition) is 5. The van der Waals surface area contributed by atoms with E-state index in [0.717, 1.165) is 0 Å². The molecule has 0 amide bonds. The smallest absolute Gasteiger partial charge is 0.289 e. The van der Waals surface area contributed by atoms with Crippen LogP contribution in [-0.4, -0.2) is 36.8 Å². The molecule has 9 heteroatoms. The van der Waals surface area contributed by atoms with Crippen molar-refractivity contribution in [1.82, 2.24) is 4.31 Å². The number of nitrogens with two attached hydrogens (primary N) is 1. The molecule has 1 saturated heterocycles. The Kier molecular flexibility index (Phi) is 4.63. The number of nitro groups is 1. The maximum absolute atomic E-state index is 12.8. The molecule has 1 fully saturated rings. The molecule has 122 valence electrons. The van der Waals surface area contributed by atoms with Gasteiger partial charge in [0, 0.05) is 29.7 Å². The highest BCUT2D eigenvalue weighted by molar-refractivity contribution is 9.10. The topological polar surface area (TPSA) is 107 Å². The summed E-state index contributed by atoms with van der Waals surface area (Å²) in [5, 5.41) is 11.1. The predicted octanol–water partition coefficient (Wildman–Crippen LogP) is 2.11. The van der Waals surface area contributed by atoms with Crippen molar-refractivity contribution in [2.75, 3.05) is 13.1 Å². The highest BCUT2D eigenvalue weighted by Crippen LogP contribution is 2.35. The van der Waals surface area contributed by atoms with Crippen LogP contribution in [0.2, 0.25) is 0 Å². The number of benzene rings is 1. The van der Waals surface area contributed by atoms with Crippen LogP contribution in [0.15, 0.2) is 27.6 Å². The molecular formula is C13H18BrN3O4S. The molecule has 1 atom stereocenters. The zero-order valence-electron chi connectivity index (χ0n) is 12.3. The van der Waals surface area contributed by atoms with E-state index in [1.165, 1.54) is 22.5 Å². The molecule has 1 aliphatic rings. The molecule has 1 aromatic carbocycles. The van der Waals surface area contributed by atoms with Crippen LogP contribution in [0.4, 0.5) is 5.69 Å². The van der Waals surface area contributed by atoms with E-state index in [-0.39, 0.29) is 29.4 Å². The second-order valence-electron chi connectivity index (χ2n) is 6.09. The lowest BCUT2D eigenvalue weighted by molar-refractivity contribution is -0.387. The summed E-state index contributed by atoms with van der Waals surface area (Å²) >= 11 is 3.17. The third-order valence-electron chi connectivity index (χ3n) is 4.01. The second kappa shape index (κ2) is 5.88. The number of rotatable bonds is 3. The first-order valence-corrected chi connectivity index (χ1v) is 8.99. The van der Waals surface area contributed by atoms with Gasteiger partial charge in [-0.05, 0) is 24.0 Å². The van der Waals surface area contributed by atoms with Gasteiger partial charge in [-0.15, -0.1) is 0 Å². The monoisotopic (exact) mass is 391 g/mol. The Morgan fingerprint density at radius 3 is 2.64 bits per heavy atom. The molecule has 1 heterocycles. The summed E-state index contributed by atoms with van der Waals surface area (Å²) < 4.78 is 27.4. The highest BCUT2D eigenvalue weighted by Gasteiger charge is 2.40. The van der Waals surface area contributed by atoms with Crippen molar-refractivity contribution in [2.45, 2.75) is 31.2 Å². The van der Waals surface area contributed by atoms with Gasteiger partial charge in [-0.25, -0.2) is 8.42 Å². The van der Waals surface area contributed by atoms with Gasteiger partial charge >= 0.3 is 0 Å². The van der Waals surface area contributed by atoms with Gasteiger partial charge in [-0.3, -0.25) is 10.1 Å². The first kappa shape index (κ1) is 17.3. The molecule has 0 spiro atoms. The molecule has 2 rings (SSSR count). The van der Waals surface area contributed by atoms with Gasteiger partial charge in [0.05, 0.1) is 4.92 Å². The Morgan fingerprint density at radius 2 is 2.09 bits per heavy atom. The minimum absolute atomic E-state index is 0.101. The van der Waals surface area contributed by atoms with Gasteiger partial charge in [-0.1, -0.05) is 29.8 Å². The van der Waals surface area contributed by atoms with Crippen molar-refractivity contribution in [3.63, 3.8) is 0 Å². The normalized spacial score (nSPS) is 22.5. The van der Waals surface area contributed by atoms with Crippen LogP contribution in [0.3, 0.4) is 0 Å². The molecule has 0 aromatic heterocycles. The second-order valence-corrected chi connectivity index (χ2v) is 8.91. The van der Waals surface area contributed by atoms with Crippen molar-refractivity contribution in [3.8, 4) is 0 Å². The van der Waals surface area contributed by atoms with Gasteiger partial charge in [0.25, 0.3) is 5.69 Å². The Hall–Kier alpha value is -1.03. The van der Waals surface area contributed by atoms with Gasteiger partial charge < -0.3 is 5.73 Å². The number of hydrogen-bond donors (Lipinski definition) is 1. The van der Waals surface area contributed by atoms with Crippen molar-refractivity contribution in [3.05, 3.63) is 32.8 Å². The fraction of sp³-hybridized carbons (Fsp3) is 0.538. The van der Waals surface area contributed by atoms with Crippen molar-refractivity contribution >= 4 is 31.6 Å². The van der Waals surface area contributed by atoms with Crippen LogP contribution in [0.1, 0.15) is 20.3 Å². The molecule has 0 radical (unpaired) electrons. The fourth-order valence-electron chi connectivity index (χ4n) is 2.51. The third kappa shape index (κ3) is 3.17. The van der Waals surface area contributed by atoms with Crippen LogP contribution in [0.25, 0.3) is 0 Å². The maximum atomic E-state index is 12.8. The molecule has 0 bridgehead atoms. The zero-order chi connectivity index (χ0) is 16.7. The summed E-state index contributed by atoms with van der Waals surface area (Å²) in [5.74, 6) is 0. The van der Waals surface area contributed by atoms with Crippen LogP contribution in [-0.2, 0) is 10.0 Å². The molecule has 1 unspecified atom stereocenters. The van der Waals surface area contributed by atoms with Crippen molar-refractivity contribution < 1.29 is 13.3 Å². The molecule has 1 aromatic rings. The van der Waals surface area contributed by atoms with Crippen molar-refractivity contribution in [2.24, 2.45) is 11.1 Å². The van der Waals surface area contributed by atoms with Crippen molar-refractivity contribution in [1.29, 1.82) is 0 Å². The summed E-state index contributed by atoms with van der Waals surface area (Å²) in [6, 6.07) is 3.82. The Balaban J connectivity index is 2.48. The van der Waals surface area contributed by atoms with Crippen LogP contribution >= 0.6 is 15.9 Å². The first-order valence-electron chi connectivity index (χ1n) is 6.75. The zero-order valence-corrected chi connectivity index (χ0v) is 14.7. The van der Waals surface area contributed by atoms with E-state index < -0.39 is 20.6 Å². The van der Waals surface area contributed by atoms with E-state index in [9.17, 15) is 18.5 Å². The standard InChI is InChI=1S/C13H18BrN3O4S/c1-13(2)8-16(6-5-12(13)15)22(20,21)11-7-9(14)3-4-10(11)17(18)19/h3-4,7,12H,5-6,8,15H2,1-2H3. The maximum Gasteiger partial charge on any atom is 0.289 e. The average Bonchev–Trinajstić information content (AvgIpc) is 2.41. The number of nitrogens with zero attached hydrogens (tertiary/aromatic N) is 2. The Bertz CT molecular complexity index is 705. The van der Waals surface area contributed by atoms with E-state index in [0.29, 0.717) is 10.9 Å². The summed E-state index contributed by atoms with van der Waals surface area (Å²) in [7, 11) is -3.95. The van der Waals surface area contributed by atoms with Gasteiger partial charge in [-0.2, -0.15) is 4.31 Å². The van der Waals surface area contributed by atoms with Crippen LogP contribution < -0.4 is 5.73 Å². The number of sulfonamides is 1. The molecular weight excluding hydrogens is 374 g/mol. The lowest BCUT2D eigenvalue weighted by Gasteiger charge is -2.41. The first-order chi connectivity index (χ1) is 10.1. The lowest BCUT2D eigenvalue weighted by Crippen LogP contribution is -2.53. The number of nitro benzene ring substituents is 1. The molecule has 22 heavy (non-hydrogen) atoms. The van der Waals surface area contributed by atoms with E-state index in [1.807, 2.05) is 13.8 Å². The van der Waals surface area contributed by atoms with E-state index in [2.05, 4.69) is 15.9 Å². The summed E-state index contributed by atoms with van der Waals surface area (Å²) in [6.45, 7) is 4.29. The largest absolute Gasteiger partial charge is 0.327 e. The Morgan fingerprint density at radius 1 is 1.45 bits per heavy atom. The van der Waals surface area contributed by atoms with E-state index in [4.69, 9.17) is 5.73 Å². The fourth-order valence-corrected chi connectivity index (χ4v) is 4.84. The van der Waals surface area contributed by atoms with Gasteiger partial charge in [0.15, 0.2) is 4.90 Å². The SMILES string of the molecule is CC1(C)CN(S(=O)(=O)c2cc(Br)ccc2[N+](=O)[O-])CCC1N. The quantitative estimate of drug-likeness (QED) is 0.626. The average molecular weight is 392 g/mol. The third-order valence-corrected chi connectivity index (χ3v) is 6.38. The van der Waals surface area contributed by atoms with E-state index in [1.54, 1.807) is 0 Å². The summed E-state index contributed by atoms with van der Waals surface area (Å²) in [5.41, 5.74) is 5.22. The summed E-state index contributed by atoms with van der Waals surface area (Å²) in [6.07, 6.45) is 0.522. The number of halogens is 1. The minimum Gasteiger partial charge on any atom is -0.327 e. The van der Waals surface area contributed by atoms with Gasteiger partial charge in [0.1, 0.15) is 0 Å². The van der Waals surface area contributed by atoms with Gasteiger partial charge in [0.2, 0.25) is 10.0 Å². The molecule has 2 N–H and O–H groups in total. The highest BCUT2D eigenvalue weighted by atomic mass is 79.9. The predicted molar refractivity (Wildman–Crippen MR) is 85.9 cm³/mol. The number of piperidine rings is 1. The molecule has 7 nitrogen and oxygen atoms in total.